The molecule has 0 atom stereocenters. The van der Waals surface area contributed by atoms with Gasteiger partial charge < -0.3 is 10.2 Å². The summed E-state index contributed by atoms with van der Waals surface area (Å²) in [5.41, 5.74) is 2.62. The molecule has 1 heterocycles. The van der Waals surface area contributed by atoms with Gasteiger partial charge in [-0.1, -0.05) is 29.8 Å². The van der Waals surface area contributed by atoms with Crippen LogP contribution in [-0.2, 0) is 15.6 Å². The molecule has 1 fully saturated rings. The summed E-state index contributed by atoms with van der Waals surface area (Å²) < 4.78 is 23.5. The predicted octanol–water partition coefficient (Wildman–Crippen LogP) is 2.93. The zero-order valence-electron chi connectivity index (χ0n) is 16.0. The molecule has 26 heavy (non-hydrogen) atoms. The molecule has 0 radical (unpaired) electrons. The molecule has 0 aliphatic carbocycles. The summed E-state index contributed by atoms with van der Waals surface area (Å²) in [7, 11) is -1.28. The maximum absolute atomic E-state index is 12.1. The maximum Gasteiger partial charge on any atom is 0.193 e. The Bertz CT molecular complexity index is 704. The van der Waals surface area contributed by atoms with E-state index in [0.29, 0.717) is 13.1 Å². The molecule has 0 amide bonds. The smallest absolute Gasteiger partial charge is 0.193 e. The molecule has 0 bridgehead atoms. The first-order valence-corrected chi connectivity index (χ1v) is 11.4. The van der Waals surface area contributed by atoms with Crippen molar-refractivity contribution in [3.63, 3.8) is 0 Å². The van der Waals surface area contributed by atoms with Crippen molar-refractivity contribution in [2.24, 2.45) is 4.99 Å². The van der Waals surface area contributed by atoms with E-state index in [0.717, 1.165) is 24.0 Å². The molecular formula is C18H30IN3O2S2. The average molecular weight is 511 g/mol. The SMILES string of the molecule is CN=C(NCCSCc1ccc(C)cc1)N1CCS(=O)(=O)C(C)(C)C1.I. The van der Waals surface area contributed by atoms with E-state index in [1.54, 1.807) is 20.9 Å². The Morgan fingerprint density at radius 2 is 1.96 bits per heavy atom. The van der Waals surface area contributed by atoms with Gasteiger partial charge in [-0.05, 0) is 26.3 Å². The number of guanidine groups is 1. The highest BCUT2D eigenvalue weighted by molar-refractivity contribution is 14.0. The fraction of sp³-hybridized carbons (Fsp3) is 0.611. The van der Waals surface area contributed by atoms with E-state index in [9.17, 15) is 8.42 Å². The quantitative estimate of drug-likeness (QED) is 0.285. The van der Waals surface area contributed by atoms with Crippen LogP contribution in [0.4, 0.5) is 0 Å². The van der Waals surface area contributed by atoms with Crippen LogP contribution in [0.1, 0.15) is 25.0 Å². The summed E-state index contributed by atoms with van der Waals surface area (Å²) >= 11 is 1.88. The molecule has 1 aromatic carbocycles. The molecule has 1 aromatic rings. The Hall–Kier alpha value is -0.480. The van der Waals surface area contributed by atoms with E-state index in [-0.39, 0.29) is 29.7 Å². The average Bonchev–Trinajstić information content (AvgIpc) is 2.55. The second-order valence-corrected chi connectivity index (χ2v) is 10.9. The number of hydrogen-bond acceptors (Lipinski definition) is 4. The summed E-state index contributed by atoms with van der Waals surface area (Å²) in [4.78, 5) is 6.37. The Morgan fingerprint density at radius 1 is 1.31 bits per heavy atom. The predicted molar refractivity (Wildman–Crippen MR) is 124 cm³/mol. The number of halogens is 1. The van der Waals surface area contributed by atoms with Crippen molar-refractivity contribution in [1.82, 2.24) is 10.2 Å². The van der Waals surface area contributed by atoms with Gasteiger partial charge in [0.1, 0.15) is 0 Å². The minimum absolute atomic E-state index is 0. The van der Waals surface area contributed by atoms with Gasteiger partial charge >= 0.3 is 0 Å². The molecule has 0 aromatic heterocycles. The van der Waals surface area contributed by atoms with E-state index in [2.05, 4.69) is 41.5 Å². The summed E-state index contributed by atoms with van der Waals surface area (Å²) in [6.07, 6.45) is 0. The van der Waals surface area contributed by atoms with Crippen molar-refractivity contribution in [3.05, 3.63) is 35.4 Å². The molecule has 148 valence electrons. The number of nitrogens with one attached hydrogen (secondary N) is 1. The number of benzene rings is 1. The summed E-state index contributed by atoms with van der Waals surface area (Å²) in [6, 6.07) is 8.63. The van der Waals surface area contributed by atoms with Crippen molar-refractivity contribution in [3.8, 4) is 0 Å². The van der Waals surface area contributed by atoms with E-state index < -0.39 is 14.6 Å². The summed E-state index contributed by atoms with van der Waals surface area (Å²) in [6.45, 7) is 7.47. The zero-order chi connectivity index (χ0) is 18.5. The third-order valence-electron chi connectivity index (χ3n) is 4.47. The van der Waals surface area contributed by atoms with Gasteiger partial charge in [0.15, 0.2) is 15.8 Å². The molecule has 0 saturated carbocycles. The van der Waals surface area contributed by atoms with Crippen LogP contribution in [0.3, 0.4) is 0 Å². The molecule has 1 N–H and O–H groups in total. The van der Waals surface area contributed by atoms with Crippen molar-refractivity contribution >= 4 is 51.5 Å². The van der Waals surface area contributed by atoms with Gasteiger partial charge in [0.2, 0.25) is 0 Å². The Kier molecular flexibility index (Phi) is 9.22. The van der Waals surface area contributed by atoms with E-state index in [1.165, 1.54) is 11.1 Å². The fourth-order valence-corrected chi connectivity index (χ4v) is 4.95. The van der Waals surface area contributed by atoms with Crippen LogP contribution < -0.4 is 5.32 Å². The largest absolute Gasteiger partial charge is 0.355 e. The fourth-order valence-electron chi connectivity index (χ4n) is 2.77. The molecule has 0 unspecified atom stereocenters. The number of hydrogen-bond donors (Lipinski definition) is 1. The molecule has 1 aliphatic heterocycles. The number of nitrogens with zero attached hydrogens (tertiary/aromatic N) is 2. The van der Waals surface area contributed by atoms with Crippen LogP contribution >= 0.6 is 35.7 Å². The standard InChI is InChI=1S/C18H29N3O2S2.HI/c1-15-5-7-16(8-6-15)13-24-11-9-20-17(19-4)21-10-12-25(22,23)18(2,3)14-21;/h5-8H,9-14H2,1-4H3,(H,19,20);1H. The lowest BCUT2D eigenvalue weighted by atomic mass is 10.2. The van der Waals surface area contributed by atoms with Gasteiger partial charge in [-0.3, -0.25) is 4.99 Å². The highest BCUT2D eigenvalue weighted by Gasteiger charge is 2.40. The lowest BCUT2D eigenvalue weighted by Crippen LogP contribution is -2.57. The number of aliphatic imine (C=N–C) groups is 1. The topological polar surface area (TPSA) is 61.8 Å². The van der Waals surface area contributed by atoms with Gasteiger partial charge in [-0.2, -0.15) is 11.8 Å². The third-order valence-corrected chi connectivity index (χ3v) is 8.04. The highest BCUT2D eigenvalue weighted by Crippen LogP contribution is 2.23. The van der Waals surface area contributed by atoms with Crippen LogP contribution in [0.15, 0.2) is 29.3 Å². The van der Waals surface area contributed by atoms with Crippen molar-refractivity contribution < 1.29 is 8.42 Å². The van der Waals surface area contributed by atoms with Crippen molar-refractivity contribution in [2.75, 3.05) is 38.2 Å². The van der Waals surface area contributed by atoms with E-state index in [4.69, 9.17) is 0 Å². The van der Waals surface area contributed by atoms with E-state index >= 15 is 0 Å². The van der Waals surface area contributed by atoms with Crippen LogP contribution in [0.2, 0.25) is 0 Å². The van der Waals surface area contributed by atoms with Gasteiger partial charge in [-0.15, -0.1) is 24.0 Å². The minimum Gasteiger partial charge on any atom is -0.355 e. The van der Waals surface area contributed by atoms with Crippen molar-refractivity contribution in [2.45, 2.75) is 31.3 Å². The number of aryl methyl sites for hydroxylation is 1. The monoisotopic (exact) mass is 511 g/mol. The van der Waals surface area contributed by atoms with Crippen LogP contribution in [-0.4, -0.2) is 62.2 Å². The second-order valence-electron chi connectivity index (χ2n) is 7.01. The number of rotatable bonds is 5. The number of thioether (sulfide) groups is 1. The van der Waals surface area contributed by atoms with Crippen LogP contribution in [0, 0.1) is 6.92 Å². The number of sulfone groups is 1. The summed E-state index contributed by atoms with van der Waals surface area (Å²) in [5, 5.41) is 3.36. The molecule has 0 spiro atoms. The first-order valence-electron chi connectivity index (χ1n) is 8.56. The third kappa shape index (κ3) is 6.30. The minimum atomic E-state index is -3.03. The van der Waals surface area contributed by atoms with Gasteiger partial charge in [0.05, 0.1) is 10.5 Å². The zero-order valence-corrected chi connectivity index (χ0v) is 20.0. The summed E-state index contributed by atoms with van der Waals surface area (Å²) in [5.74, 6) is 2.94. The Morgan fingerprint density at radius 3 is 2.54 bits per heavy atom. The normalized spacial score (nSPS) is 18.9. The van der Waals surface area contributed by atoms with E-state index in [1.807, 2.05) is 16.7 Å². The maximum atomic E-state index is 12.1. The molecular weight excluding hydrogens is 481 g/mol. The van der Waals surface area contributed by atoms with Gasteiger partial charge in [0.25, 0.3) is 0 Å². The Balaban J connectivity index is 0.00000338. The molecule has 8 heteroatoms. The van der Waals surface area contributed by atoms with Crippen LogP contribution in [0.5, 0.6) is 0 Å². The Labute approximate surface area is 179 Å². The lowest BCUT2D eigenvalue weighted by Gasteiger charge is -2.39. The molecule has 1 aliphatic rings. The second kappa shape index (κ2) is 10.2. The van der Waals surface area contributed by atoms with Crippen LogP contribution in [0.25, 0.3) is 0 Å². The molecule has 5 nitrogen and oxygen atoms in total. The molecule has 2 rings (SSSR count). The first kappa shape index (κ1) is 23.6. The van der Waals surface area contributed by atoms with Gasteiger partial charge in [-0.25, -0.2) is 8.42 Å². The molecule has 1 saturated heterocycles. The lowest BCUT2D eigenvalue weighted by molar-refractivity contribution is 0.354. The van der Waals surface area contributed by atoms with Gasteiger partial charge in [0, 0.05) is 38.2 Å². The first-order chi connectivity index (χ1) is 11.7. The van der Waals surface area contributed by atoms with Crippen molar-refractivity contribution in [1.29, 1.82) is 0 Å². The highest BCUT2D eigenvalue weighted by atomic mass is 127.